The van der Waals surface area contributed by atoms with Crippen LogP contribution >= 0.6 is 11.8 Å². The minimum absolute atomic E-state index is 0.0681. The monoisotopic (exact) mass is 375 g/mol. The Labute approximate surface area is 157 Å². The summed E-state index contributed by atoms with van der Waals surface area (Å²) in [5.41, 5.74) is 14.0. The predicted octanol–water partition coefficient (Wildman–Crippen LogP) is 1.67. The van der Waals surface area contributed by atoms with Gasteiger partial charge < -0.3 is 27.0 Å². The van der Waals surface area contributed by atoms with Crippen molar-refractivity contribution in [3.05, 3.63) is 40.4 Å². The molecule has 0 aliphatic carbocycles. The lowest BCUT2D eigenvalue weighted by Gasteiger charge is -2.28. The van der Waals surface area contributed by atoms with E-state index >= 15 is 0 Å². The highest BCUT2D eigenvalue weighted by Gasteiger charge is 2.48. The maximum absolute atomic E-state index is 12.4. The number of para-hydroxylation sites is 1. The predicted molar refractivity (Wildman–Crippen MR) is 104 cm³/mol. The molecule has 26 heavy (non-hydrogen) atoms. The van der Waals surface area contributed by atoms with Gasteiger partial charge in [-0.2, -0.15) is 0 Å². The molecule has 8 heteroatoms. The number of urea groups is 1. The van der Waals surface area contributed by atoms with Crippen LogP contribution in [-0.2, 0) is 9.67 Å². The fraction of sp³-hybridized carbons (Fsp3) is 0.444. The van der Waals surface area contributed by atoms with Gasteiger partial charge in [0.05, 0.1) is 6.54 Å². The molecular weight excluding hydrogens is 350 g/mol. The fourth-order valence-electron chi connectivity index (χ4n) is 3.22. The van der Waals surface area contributed by atoms with Gasteiger partial charge in [-0.05, 0) is 12.5 Å². The van der Waals surface area contributed by atoms with Crippen molar-refractivity contribution < 1.29 is 9.59 Å². The van der Waals surface area contributed by atoms with Crippen LogP contribution < -0.4 is 22.1 Å². The number of nitrogens with one attached hydrogen (secondary N) is 2. The molecule has 0 saturated carbocycles. The molecule has 2 aliphatic heterocycles. The summed E-state index contributed by atoms with van der Waals surface area (Å²) in [6.07, 6.45) is 2.65. The summed E-state index contributed by atoms with van der Waals surface area (Å²) >= 11 is 1.36. The summed E-state index contributed by atoms with van der Waals surface area (Å²) in [6, 6.07) is 7.16. The van der Waals surface area contributed by atoms with Crippen molar-refractivity contribution in [1.82, 2.24) is 15.5 Å². The average Bonchev–Trinajstić information content (AvgIpc) is 3.02. The van der Waals surface area contributed by atoms with E-state index in [1.807, 2.05) is 18.2 Å². The maximum atomic E-state index is 12.4. The van der Waals surface area contributed by atoms with Crippen molar-refractivity contribution in [2.24, 2.45) is 5.73 Å². The minimum atomic E-state index is -1.12. The number of benzene rings is 1. The van der Waals surface area contributed by atoms with Crippen LogP contribution in [0.4, 0.5) is 10.5 Å². The molecule has 0 radical (unpaired) electrons. The Balaban J connectivity index is 1.77. The smallest absolute Gasteiger partial charge is 0.317 e. The van der Waals surface area contributed by atoms with Gasteiger partial charge in [-0.3, -0.25) is 4.79 Å². The first-order valence-electron chi connectivity index (χ1n) is 8.85. The zero-order valence-electron chi connectivity index (χ0n) is 14.9. The Morgan fingerprint density at radius 2 is 2.15 bits per heavy atom. The number of thioether (sulfide) groups is 1. The topological polar surface area (TPSA) is 113 Å². The number of anilines is 1. The molecule has 140 valence electrons. The van der Waals surface area contributed by atoms with E-state index in [0.29, 0.717) is 37.3 Å². The second-order valence-electron chi connectivity index (χ2n) is 6.52. The van der Waals surface area contributed by atoms with Crippen LogP contribution in [0, 0.1) is 0 Å². The molecule has 7 nitrogen and oxygen atoms in total. The highest BCUT2D eigenvalue weighted by atomic mass is 32.2. The Kier molecular flexibility index (Phi) is 5.31. The second kappa shape index (κ2) is 7.49. The van der Waals surface area contributed by atoms with Crippen molar-refractivity contribution in [1.29, 1.82) is 0 Å². The van der Waals surface area contributed by atoms with Crippen LogP contribution in [0.1, 0.15) is 31.7 Å². The molecule has 1 unspecified atom stereocenters. The molecule has 1 aromatic carbocycles. The molecule has 0 aromatic heterocycles. The van der Waals surface area contributed by atoms with Gasteiger partial charge in [-0.1, -0.05) is 43.3 Å². The first kappa shape index (κ1) is 18.4. The summed E-state index contributed by atoms with van der Waals surface area (Å²) in [5.74, 6) is -0.492. The molecular formula is C18H25N5O2S. The van der Waals surface area contributed by atoms with E-state index in [0.717, 1.165) is 23.4 Å². The van der Waals surface area contributed by atoms with Gasteiger partial charge >= 0.3 is 6.03 Å². The molecule has 1 aromatic rings. The summed E-state index contributed by atoms with van der Waals surface area (Å²) < 4.78 is 0. The minimum Gasteiger partial charge on any atom is -0.398 e. The van der Waals surface area contributed by atoms with Gasteiger partial charge in [0.15, 0.2) is 4.87 Å². The maximum Gasteiger partial charge on any atom is 0.317 e. The van der Waals surface area contributed by atoms with Crippen LogP contribution in [0.5, 0.6) is 0 Å². The molecule has 3 rings (SSSR count). The highest BCUT2D eigenvalue weighted by molar-refractivity contribution is 8.05. The number of hydrogen-bond donors (Lipinski definition) is 4. The van der Waals surface area contributed by atoms with E-state index in [4.69, 9.17) is 11.5 Å². The molecule has 0 bridgehead atoms. The number of nitrogens with zero attached hydrogens (tertiary/aromatic N) is 1. The first-order chi connectivity index (χ1) is 12.5. The number of unbranched alkanes of at least 4 members (excludes halogenated alkanes) is 1. The van der Waals surface area contributed by atoms with E-state index < -0.39 is 10.8 Å². The Bertz CT molecular complexity index is 751. The van der Waals surface area contributed by atoms with Crippen LogP contribution in [0.15, 0.2) is 34.9 Å². The third-order valence-corrected chi connectivity index (χ3v) is 6.14. The summed E-state index contributed by atoms with van der Waals surface area (Å²) in [4.78, 5) is 26.3. The quantitative estimate of drug-likeness (QED) is 0.462. The van der Waals surface area contributed by atoms with Gasteiger partial charge in [-0.25, -0.2) is 4.79 Å². The number of hydrogen-bond acceptors (Lipinski definition) is 5. The lowest BCUT2D eigenvalue weighted by atomic mass is 10.0. The van der Waals surface area contributed by atoms with Gasteiger partial charge in [-0.15, -0.1) is 0 Å². The second-order valence-corrected chi connectivity index (χ2v) is 7.83. The molecule has 2 heterocycles. The molecule has 1 atom stereocenters. The van der Waals surface area contributed by atoms with E-state index in [1.165, 1.54) is 11.8 Å². The van der Waals surface area contributed by atoms with E-state index in [9.17, 15) is 9.59 Å². The van der Waals surface area contributed by atoms with E-state index in [2.05, 4.69) is 17.6 Å². The Morgan fingerprint density at radius 1 is 1.38 bits per heavy atom. The third-order valence-electron chi connectivity index (χ3n) is 4.69. The lowest BCUT2D eigenvalue weighted by Crippen LogP contribution is -2.47. The molecule has 0 spiro atoms. The number of primary amides is 1. The summed E-state index contributed by atoms with van der Waals surface area (Å²) in [5, 5.41) is 6.25. The van der Waals surface area contributed by atoms with E-state index in [1.54, 1.807) is 11.0 Å². The summed E-state index contributed by atoms with van der Waals surface area (Å²) in [6.45, 7) is 3.83. The lowest BCUT2D eigenvalue weighted by molar-refractivity contribution is -0.121. The molecule has 6 N–H and O–H groups in total. The number of amides is 3. The molecule has 0 saturated heterocycles. The fourth-order valence-corrected chi connectivity index (χ4v) is 4.66. The van der Waals surface area contributed by atoms with Crippen LogP contribution in [0.2, 0.25) is 0 Å². The van der Waals surface area contributed by atoms with Gasteiger partial charge in [0, 0.05) is 41.4 Å². The van der Waals surface area contributed by atoms with Crippen LogP contribution in [0.25, 0.3) is 0 Å². The average molecular weight is 375 g/mol. The number of carbonyl (C=O) groups is 2. The van der Waals surface area contributed by atoms with E-state index in [-0.39, 0.29) is 6.03 Å². The van der Waals surface area contributed by atoms with Crippen molar-refractivity contribution >= 4 is 29.4 Å². The van der Waals surface area contributed by atoms with Crippen LogP contribution in [0.3, 0.4) is 0 Å². The van der Waals surface area contributed by atoms with Gasteiger partial charge in [0.25, 0.3) is 5.91 Å². The summed E-state index contributed by atoms with van der Waals surface area (Å²) in [7, 11) is 0. The first-order valence-corrected chi connectivity index (χ1v) is 9.66. The molecule has 2 aliphatic rings. The van der Waals surface area contributed by atoms with Gasteiger partial charge in [0.1, 0.15) is 0 Å². The van der Waals surface area contributed by atoms with Gasteiger partial charge in [0.2, 0.25) is 0 Å². The third kappa shape index (κ3) is 3.33. The molecule has 0 fully saturated rings. The zero-order valence-corrected chi connectivity index (χ0v) is 15.7. The SMILES string of the molecule is CCCCNC(=O)N1CCC2=C(C1)SC(C(N)=O)(c1ccccc1N)N2. The van der Waals surface area contributed by atoms with Crippen molar-refractivity contribution in [2.45, 2.75) is 31.1 Å². The Morgan fingerprint density at radius 3 is 2.85 bits per heavy atom. The highest BCUT2D eigenvalue weighted by Crippen LogP contribution is 2.49. The van der Waals surface area contributed by atoms with Crippen molar-refractivity contribution in [3.8, 4) is 0 Å². The standard InChI is InChI=1S/C18H25N5O2S/c1-2-3-9-21-17(25)23-10-8-14-15(11-23)26-18(22-14,16(20)24)12-6-4-5-7-13(12)19/h4-7,22H,2-3,8-11,19H2,1H3,(H2,20,24)(H,21,25). The normalized spacial score (nSPS) is 22.0. The zero-order chi connectivity index (χ0) is 18.7. The number of nitrogen functional groups attached to an aromatic ring is 1. The number of carbonyl (C=O) groups excluding carboxylic acids is 2. The van der Waals surface area contributed by atoms with Crippen molar-refractivity contribution in [3.63, 3.8) is 0 Å². The number of nitrogens with two attached hydrogens (primary N) is 2. The number of rotatable bonds is 5. The molecule has 3 amide bonds. The largest absolute Gasteiger partial charge is 0.398 e. The van der Waals surface area contributed by atoms with Crippen LogP contribution in [-0.4, -0.2) is 36.5 Å². The van der Waals surface area contributed by atoms with Crippen molar-refractivity contribution in [2.75, 3.05) is 25.4 Å². The Hall–Kier alpha value is -2.35.